The standard InChI is InChI=1S/C25H14ClF7N6O2/c1-41-13-4-2-3-11(5-13)17-7-18(25(31,32)33)39-23(36-17)19(26)22(37-39)24(40)35-12-8-34-38(9-12)10-14-15(27)6-16(28)21(30)20(14)29/h2-9H,10H2,1H3,(H,35,40). The van der Waals surface area contributed by atoms with Crippen molar-refractivity contribution in [2.75, 3.05) is 12.4 Å². The molecular formula is C25H14ClF7N6O2. The minimum absolute atomic E-state index is 0.0763. The zero-order valence-electron chi connectivity index (χ0n) is 20.4. The van der Waals surface area contributed by atoms with Crippen LogP contribution in [-0.4, -0.2) is 37.4 Å². The molecule has 0 fully saturated rings. The van der Waals surface area contributed by atoms with Crippen LogP contribution in [0.25, 0.3) is 16.9 Å². The quantitative estimate of drug-likeness (QED) is 0.144. The smallest absolute Gasteiger partial charge is 0.433 e. The summed E-state index contributed by atoms with van der Waals surface area (Å²) in [6.45, 7) is -0.675. The van der Waals surface area contributed by atoms with Crippen LogP contribution >= 0.6 is 11.6 Å². The van der Waals surface area contributed by atoms with Crippen LogP contribution in [-0.2, 0) is 12.7 Å². The Balaban J connectivity index is 1.47. The number of aromatic nitrogens is 5. The van der Waals surface area contributed by atoms with Crippen molar-refractivity contribution in [1.82, 2.24) is 24.4 Å². The van der Waals surface area contributed by atoms with Gasteiger partial charge in [-0.05, 0) is 18.2 Å². The van der Waals surface area contributed by atoms with Gasteiger partial charge in [0.05, 0.1) is 31.2 Å². The second-order valence-electron chi connectivity index (χ2n) is 8.48. The molecule has 41 heavy (non-hydrogen) atoms. The molecular weight excluding hydrogens is 585 g/mol. The Morgan fingerprint density at radius 3 is 2.54 bits per heavy atom. The number of nitrogens with one attached hydrogen (secondary N) is 1. The molecule has 0 radical (unpaired) electrons. The maximum absolute atomic E-state index is 14.0. The van der Waals surface area contributed by atoms with E-state index in [-0.39, 0.29) is 23.0 Å². The lowest BCUT2D eigenvalue weighted by Crippen LogP contribution is -2.15. The molecule has 0 unspecified atom stereocenters. The van der Waals surface area contributed by atoms with E-state index < -0.39 is 69.5 Å². The summed E-state index contributed by atoms with van der Waals surface area (Å²) < 4.78 is 103. The predicted molar refractivity (Wildman–Crippen MR) is 131 cm³/mol. The maximum Gasteiger partial charge on any atom is 0.433 e. The number of hydrogen-bond donors (Lipinski definition) is 1. The third-order valence-corrected chi connectivity index (χ3v) is 6.17. The van der Waals surface area contributed by atoms with E-state index in [4.69, 9.17) is 16.3 Å². The van der Waals surface area contributed by atoms with E-state index in [9.17, 15) is 35.5 Å². The molecule has 0 spiro atoms. The first-order chi connectivity index (χ1) is 19.4. The van der Waals surface area contributed by atoms with Gasteiger partial charge in [0.15, 0.2) is 34.5 Å². The van der Waals surface area contributed by atoms with Crippen LogP contribution in [0.3, 0.4) is 0 Å². The number of hydrogen-bond acceptors (Lipinski definition) is 5. The third-order valence-electron chi connectivity index (χ3n) is 5.82. The topological polar surface area (TPSA) is 86.3 Å². The lowest BCUT2D eigenvalue weighted by Gasteiger charge is -2.11. The van der Waals surface area contributed by atoms with Gasteiger partial charge in [0.2, 0.25) is 0 Å². The largest absolute Gasteiger partial charge is 0.497 e. The van der Waals surface area contributed by atoms with Gasteiger partial charge in [0.25, 0.3) is 5.91 Å². The molecule has 5 aromatic rings. The van der Waals surface area contributed by atoms with E-state index in [1.165, 1.54) is 19.2 Å². The molecule has 16 heteroatoms. The summed E-state index contributed by atoms with van der Waals surface area (Å²) in [5.41, 5.74) is -3.07. The maximum atomic E-state index is 14.0. The molecule has 0 saturated carbocycles. The molecule has 1 amide bonds. The highest BCUT2D eigenvalue weighted by Crippen LogP contribution is 2.35. The summed E-state index contributed by atoms with van der Waals surface area (Å²) in [6, 6.07) is 7.04. The van der Waals surface area contributed by atoms with Gasteiger partial charge in [0.1, 0.15) is 16.6 Å². The van der Waals surface area contributed by atoms with E-state index in [0.29, 0.717) is 10.3 Å². The van der Waals surface area contributed by atoms with Crippen molar-refractivity contribution < 1.29 is 40.3 Å². The molecule has 212 valence electrons. The van der Waals surface area contributed by atoms with E-state index in [0.717, 1.165) is 23.1 Å². The van der Waals surface area contributed by atoms with Gasteiger partial charge in [-0.2, -0.15) is 23.4 Å². The van der Waals surface area contributed by atoms with Crippen LogP contribution in [0.5, 0.6) is 5.75 Å². The SMILES string of the molecule is COc1cccc(-c2cc(C(F)(F)F)n3nc(C(=O)Nc4cnn(Cc5c(F)cc(F)c(F)c5F)c4)c(Cl)c3n2)c1. The third kappa shape index (κ3) is 5.27. The zero-order chi connectivity index (χ0) is 29.6. The first-order valence-corrected chi connectivity index (χ1v) is 11.7. The summed E-state index contributed by atoms with van der Waals surface area (Å²) in [4.78, 5) is 17.1. The summed E-state index contributed by atoms with van der Waals surface area (Å²) >= 11 is 6.26. The van der Waals surface area contributed by atoms with Crippen LogP contribution in [0.4, 0.5) is 36.4 Å². The summed E-state index contributed by atoms with van der Waals surface area (Å²) in [6.07, 6.45) is -2.79. The summed E-state index contributed by atoms with van der Waals surface area (Å²) in [5, 5.41) is 9.32. The van der Waals surface area contributed by atoms with E-state index >= 15 is 0 Å². The van der Waals surface area contributed by atoms with E-state index in [1.54, 1.807) is 12.1 Å². The molecule has 0 atom stereocenters. The lowest BCUT2D eigenvalue weighted by molar-refractivity contribution is -0.142. The van der Waals surface area contributed by atoms with E-state index in [2.05, 4.69) is 20.5 Å². The number of methoxy groups -OCH3 is 1. The van der Waals surface area contributed by atoms with Gasteiger partial charge in [0, 0.05) is 23.4 Å². The Morgan fingerprint density at radius 2 is 1.83 bits per heavy atom. The molecule has 5 rings (SSSR count). The second kappa shape index (κ2) is 10.4. The Hall–Kier alpha value is -4.66. The average Bonchev–Trinajstić information content (AvgIpc) is 3.52. The van der Waals surface area contributed by atoms with Crippen LogP contribution in [0, 0.1) is 23.3 Å². The second-order valence-corrected chi connectivity index (χ2v) is 8.86. The molecule has 3 heterocycles. The fourth-order valence-corrected chi connectivity index (χ4v) is 4.13. The molecule has 3 aromatic heterocycles. The van der Waals surface area contributed by atoms with Gasteiger partial charge >= 0.3 is 6.18 Å². The normalized spacial score (nSPS) is 11.7. The fourth-order valence-electron chi connectivity index (χ4n) is 3.88. The van der Waals surface area contributed by atoms with Crippen LogP contribution < -0.4 is 10.1 Å². The van der Waals surface area contributed by atoms with Gasteiger partial charge in [-0.15, -0.1) is 0 Å². The fraction of sp³-hybridized carbons (Fsp3) is 0.120. The molecule has 0 aliphatic heterocycles. The number of halogens is 8. The van der Waals surface area contributed by atoms with Crippen molar-refractivity contribution in [2.24, 2.45) is 0 Å². The number of rotatable bonds is 6. The number of carbonyl (C=O) groups is 1. The monoisotopic (exact) mass is 598 g/mol. The van der Waals surface area contributed by atoms with Crippen LogP contribution in [0.2, 0.25) is 5.02 Å². The van der Waals surface area contributed by atoms with E-state index in [1.807, 2.05) is 0 Å². The first-order valence-electron chi connectivity index (χ1n) is 11.3. The zero-order valence-corrected chi connectivity index (χ0v) is 21.2. The van der Waals surface area contributed by atoms with Gasteiger partial charge < -0.3 is 10.1 Å². The minimum Gasteiger partial charge on any atom is -0.497 e. The summed E-state index contributed by atoms with van der Waals surface area (Å²) in [5.74, 6) is -7.37. The molecule has 0 aliphatic rings. The average molecular weight is 599 g/mol. The number of alkyl halides is 3. The van der Waals surface area contributed by atoms with Crippen molar-refractivity contribution in [3.05, 3.63) is 94.0 Å². The Kier molecular flexibility index (Phi) is 7.07. The number of benzene rings is 2. The van der Waals surface area contributed by atoms with Crippen LogP contribution in [0.1, 0.15) is 21.7 Å². The lowest BCUT2D eigenvalue weighted by atomic mass is 10.1. The number of carbonyl (C=O) groups excluding carboxylic acids is 1. The molecule has 8 nitrogen and oxygen atoms in total. The summed E-state index contributed by atoms with van der Waals surface area (Å²) in [7, 11) is 1.39. The Bertz CT molecular complexity index is 1820. The molecule has 0 bridgehead atoms. The van der Waals surface area contributed by atoms with Gasteiger partial charge in [-0.25, -0.2) is 27.1 Å². The molecule has 0 aliphatic carbocycles. The number of nitrogens with zero attached hydrogens (tertiary/aromatic N) is 5. The Labute approximate surface area is 229 Å². The minimum atomic E-state index is -4.91. The molecule has 2 aromatic carbocycles. The number of ether oxygens (including phenoxy) is 1. The van der Waals surface area contributed by atoms with Crippen molar-refractivity contribution in [3.63, 3.8) is 0 Å². The van der Waals surface area contributed by atoms with Gasteiger partial charge in [-0.1, -0.05) is 23.7 Å². The predicted octanol–water partition coefficient (Wildman–Crippen LogP) is 6.13. The highest BCUT2D eigenvalue weighted by atomic mass is 35.5. The molecule has 0 saturated heterocycles. The number of amides is 1. The van der Waals surface area contributed by atoms with Crippen molar-refractivity contribution in [2.45, 2.75) is 12.7 Å². The number of fused-ring (bicyclic) bond motifs is 1. The van der Waals surface area contributed by atoms with Crippen molar-refractivity contribution in [3.8, 4) is 17.0 Å². The van der Waals surface area contributed by atoms with Gasteiger partial charge in [-0.3, -0.25) is 9.48 Å². The first kappa shape index (κ1) is 27.9. The highest BCUT2D eigenvalue weighted by Gasteiger charge is 2.37. The van der Waals surface area contributed by atoms with Crippen molar-refractivity contribution >= 4 is 28.8 Å². The van der Waals surface area contributed by atoms with Crippen molar-refractivity contribution in [1.29, 1.82) is 0 Å². The van der Waals surface area contributed by atoms with Crippen LogP contribution in [0.15, 0.2) is 48.8 Å². The highest BCUT2D eigenvalue weighted by molar-refractivity contribution is 6.37. The number of anilines is 1. The Morgan fingerprint density at radius 1 is 1.07 bits per heavy atom. The molecule has 1 N–H and O–H groups in total.